The first-order valence-electron chi connectivity index (χ1n) is 4.53. The Hall–Kier alpha value is -0.870. The Morgan fingerprint density at radius 2 is 2.54 bits per heavy atom. The lowest BCUT2D eigenvalue weighted by atomic mass is 10.3. The Bertz CT molecular complexity index is 194. The zero-order valence-corrected chi connectivity index (χ0v) is 7.70. The summed E-state index contributed by atoms with van der Waals surface area (Å²) in [6.45, 7) is 5.55. The highest BCUT2D eigenvalue weighted by Crippen LogP contribution is 2.01. The molecule has 74 valence electrons. The fourth-order valence-corrected chi connectivity index (χ4v) is 1.44. The molecular formula is C9H16N2O2. The topological polar surface area (TPSA) is 52.6 Å². The Balaban J connectivity index is 2.61. The van der Waals surface area contributed by atoms with Gasteiger partial charge in [-0.2, -0.15) is 0 Å². The van der Waals surface area contributed by atoms with Gasteiger partial charge in [-0.1, -0.05) is 6.08 Å². The number of rotatable bonds is 3. The molecular weight excluding hydrogens is 168 g/mol. The predicted molar refractivity (Wildman–Crippen MR) is 50.3 cm³/mol. The number of aliphatic hydroxyl groups excluding tert-OH is 1. The van der Waals surface area contributed by atoms with Gasteiger partial charge in [0.15, 0.2) is 0 Å². The summed E-state index contributed by atoms with van der Waals surface area (Å²) < 4.78 is 0. The molecule has 1 aliphatic heterocycles. The van der Waals surface area contributed by atoms with Crippen molar-refractivity contribution in [1.82, 2.24) is 10.2 Å². The van der Waals surface area contributed by atoms with Gasteiger partial charge < -0.3 is 15.3 Å². The van der Waals surface area contributed by atoms with E-state index >= 15 is 0 Å². The SMILES string of the molecule is C=CCN1CCCNC(CO)C1=O. The lowest BCUT2D eigenvalue weighted by Crippen LogP contribution is -2.45. The molecule has 1 saturated heterocycles. The lowest BCUT2D eigenvalue weighted by molar-refractivity contribution is -0.133. The van der Waals surface area contributed by atoms with Crippen molar-refractivity contribution < 1.29 is 9.90 Å². The number of nitrogens with one attached hydrogen (secondary N) is 1. The largest absolute Gasteiger partial charge is 0.394 e. The highest BCUT2D eigenvalue weighted by molar-refractivity contribution is 5.82. The van der Waals surface area contributed by atoms with Crippen molar-refractivity contribution in [1.29, 1.82) is 0 Å². The minimum atomic E-state index is -0.428. The molecule has 0 aromatic rings. The van der Waals surface area contributed by atoms with E-state index in [2.05, 4.69) is 11.9 Å². The Morgan fingerprint density at radius 1 is 1.77 bits per heavy atom. The Morgan fingerprint density at radius 3 is 3.15 bits per heavy atom. The molecule has 4 heteroatoms. The maximum Gasteiger partial charge on any atom is 0.242 e. The minimum absolute atomic E-state index is 0.0279. The average Bonchev–Trinajstić information content (AvgIpc) is 2.30. The summed E-state index contributed by atoms with van der Waals surface area (Å²) in [5.74, 6) is -0.0279. The Labute approximate surface area is 78.2 Å². The van der Waals surface area contributed by atoms with Crippen molar-refractivity contribution in [3.63, 3.8) is 0 Å². The zero-order valence-electron chi connectivity index (χ0n) is 7.70. The number of nitrogens with zero attached hydrogens (tertiary/aromatic N) is 1. The summed E-state index contributed by atoms with van der Waals surface area (Å²) in [6.07, 6.45) is 2.63. The molecule has 1 aliphatic rings. The van der Waals surface area contributed by atoms with Crippen LogP contribution in [0.4, 0.5) is 0 Å². The first-order valence-corrected chi connectivity index (χ1v) is 4.53. The van der Waals surface area contributed by atoms with Crippen LogP contribution in [0.15, 0.2) is 12.7 Å². The van der Waals surface area contributed by atoms with Crippen LogP contribution in [0, 0.1) is 0 Å². The van der Waals surface area contributed by atoms with Gasteiger partial charge in [0.05, 0.1) is 6.61 Å². The van der Waals surface area contributed by atoms with E-state index in [1.807, 2.05) is 0 Å². The summed E-state index contributed by atoms with van der Waals surface area (Å²) in [7, 11) is 0. The third kappa shape index (κ3) is 2.54. The number of carbonyl (C=O) groups excluding carboxylic acids is 1. The number of carbonyl (C=O) groups is 1. The second kappa shape index (κ2) is 4.99. The zero-order chi connectivity index (χ0) is 9.68. The van der Waals surface area contributed by atoms with Gasteiger partial charge in [0.1, 0.15) is 6.04 Å². The third-order valence-electron chi connectivity index (χ3n) is 2.14. The highest BCUT2D eigenvalue weighted by atomic mass is 16.3. The fourth-order valence-electron chi connectivity index (χ4n) is 1.44. The molecule has 1 fully saturated rings. The molecule has 2 N–H and O–H groups in total. The summed E-state index contributed by atoms with van der Waals surface area (Å²) in [5, 5.41) is 11.9. The molecule has 0 saturated carbocycles. The molecule has 0 spiro atoms. The van der Waals surface area contributed by atoms with E-state index in [-0.39, 0.29) is 12.5 Å². The molecule has 1 heterocycles. The van der Waals surface area contributed by atoms with Gasteiger partial charge in [-0.25, -0.2) is 0 Å². The smallest absolute Gasteiger partial charge is 0.242 e. The maximum atomic E-state index is 11.6. The highest BCUT2D eigenvalue weighted by Gasteiger charge is 2.24. The molecule has 1 amide bonds. The van der Waals surface area contributed by atoms with Crippen LogP contribution in [0.2, 0.25) is 0 Å². The monoisotopic (exact) mass is 184 g/mol. The second-order valence-corrected chi connectivity index (χ2v) is 3.12. The lowest BCUT2D eigenvalue weighted by Gasteiger charge is -2.21. The van der Waals surface area contributed by atoms with E-state index in [4.69, 9.17) is 5.11 Å². The van der Waals surface area contributed by atoms with Crippen LogP contribution in [0.1, 0.15) is 6.42 Å². The van der Waals surface area contributed by atoms with Crippen LogP contribution in [0.3, 0.4) is 0 Å². The molecule has 0 bridgehead atoms. The number of hydrogen-bond acceptors (Lipinski definition) is 3. The summed E-state index contributed by atoms with van der Waals surface area (Å²) in [4.78, 5) is 13.3. The first-order chi connectivity index (χ1) is 6.29. The molecule has 0 aromatic heterocycles. The van der Waals surface area contributed by atoms with Gasteiger partial charge >= 0.3 is 0 Å². The summed E-state index contributed by atoms with van der Waals surface area (Å²) in [6, 6.07) is -0.428. The number of amides is 1. The fraction of sp³-hybridized carbons (Fsp3) is 0.667. The van der Waals surface area contributed by atoms with Crippen LogP contribution in [0.5, 0.6) is 0 Å². The van der Waals surface area contributed by atoms with Gasteiger partial charge in [-0.05, 0) is 13.0 Å². The van der Waals surface area contributed by atoms with Gasteiger partial charge in [-0.15, -0.1) is 6.58 Å². The van der Waals surface area contributed by atoms with E-state index < -0.39 is 6.04 Å². The Kier molecular flexibility index (Phi) is 3.92. The third-order valence-corrected chi connectivity index (χ3v) is 2.14. The van der Waals surface area contributed by atoms with Crippen molar-refractivity contribution in [2.24, 2.45) is 0 Å². The second-order valence-electron chi connectivity index (χ2n) is 3.12. The van der Waals surface area contributed by atoms with E-state index in [9.17, 15) is 4.79 Å². The van der Waals surface area contributed by atoms with Gasteiger partial charge in [-0.3, -0.25) is 4.79 Å². The summed E-state index contributed by atoms with van der Waals surface area (Å²) >= 11 is 0. The number of hydrogen-bond donors (Lipinski definition) is 2. The van der Waals surface area contributed by atoms with Crippen LogP contribution in [0.25, 0.3) is 0 Å². The molecule has 0 aliphatic carbocycles. The minimum Gasteiger partial charge on any atom is -0.394 e. The molecule has 0 radical (unpaired) electrons. The van der Waals surface area contributed by atoms with Crippen molar-refractivity contribution in [2.75, 3.05) is 26.2 Å². The molecule has 0 aromatic carbocycles. The van der Waals surface area contributed by atoms with Crippen LogP contribution in [-0.4, -0.2) is 48.2 Å². The molecule has 1 rings (SSSR count). The predicted octanol–water partition coefficient (Wildman–Crippen LogP) is -0.645. The van der Waals surface area contributed by atoms with Crippen molar-refractivity contribution >= 4 is 5.91 Å². The van der Waals surface area contributed by atoms with Crippen LogP contribution >= 0.6 is 0 Å². The first kappa shape index (κ1) is 10.2. The van der Waals surface area contributed by atoms with Crippen molar-refractivity contribution in [2.45, 2.75) is 12.5 Å². The van der Waals surface area contributed by atoms with Crippen LogP contribution < -0.4 is 5.32 Å². The van der Waals surface area contributed by atoms with Gasteiger partial charge in [0, 0.05) is 13.1 Å². The van der Waals surface area contributed by atoms with Crippen molar-refractivity contribution in [3.8, 4) is 0 Å². The van der Waals surface area contributed by atoms with Crippen LogP contribution in [-0.2, 0) is 4.79 Å². The number of aliphatic hydroxyl groups is 1. The summed E-state index contributed by atoms with van der Waals surface area (Å²) in [5.41, 5.74) is 0. The average molecular weight is 184 g/mol. The standard InChI is InChI=1S/C9H16N2O2/c1-2-5-11-6-3-4-10-8(7-12)9(11)13/h2,8,10,12H,1,3-7H2. The van der Waals surface area contributed by atoms with Gasteiger partial charge in [0.2, 0.25) is 5.91 Å². The van der Waals surface area contributed by atoms with E-state index in [0.29, 0.717) is 6.54 Å². The normalized spacial score (nSPS) is 24.2. The molecule has 1 unspecified atom stereocenters. The van der Waals surface area contributed by atoms with E-state index in [1.165, 1.54) is 0 Å². The van der Waals surface area contributed by atoms with E-state index in [1.54, 1.807) is 11.0 Å². The van der Waals surface area contributed by atoms with Crippen molar-refractivity contribution in [3.05, 3.63) is 12.7 Å². The maximum absolute atomic E-state index is 11.6. The molecule has 1 atom stereocenters. The van der Waals surface area contributed by atoms with Gasteiger partial charge in [0.25, 0.3) is 0 Å². The van der Waals surface area contributed by atoms with E-state index in [0.717, 1.165) is 19.5 Å². The quantitative estimate of drug-likeness (QED) is 0.573. The molecule has 13 heavy (non-hydrogen) atoms. The molecule has 4 nitrogen and oxygen atoms in total.